The quantitative estimate of drug-likeness (QED) is 0.620. The molecule has 5 nitrogen and oxygen atoms in total. The fourth-order valence-corrected chi connectivity index (χ4v) is 3.60. The van der Waals surface area contributed by atoms with E-state index in [4.69, 9.17) is 0 Å². The van der Waals surface area contributed by atoms with Crippen LogP contribution in [-0.4, -0.2) is 20.5 Å². The number of hydrogen-bond acceptors (Lipinski definition) is 4. The van der Waals surface area contributed by atoms with Crippen molar-refractivity contribution in [2.45, 2.75) is 13.0 Å². The molecular formula is C17H13FN4OS. The van der Waals surface area contributed by atoms with Gasteiger partial charge in [0.1, 0.15) is 5.82 Å². The normalized spacial score (nSPS) is 12.6. The highest BCUT2D eigenvalue weighted by Gasteiger charge is 2.18. The summed E-state index contributed by atoms with van der Waals surface area (Å²) in [6.07, 6.45) is 1.85. The topological polar surface area (TPSA) is 59.3 Å². The highest BCUT2D eigenvalue weighted by Crippen LogP contribution is 2.28. The number of rotatable bonds is 3. The second-order valence-corrected chi connectivity index (χ2v) is 6.53. The second-order valence-electron chi connectivity index (χ2n) is 5.44. The maximum Gasteiger partial charge on any atom is 0.261 e. The van der Waals surface area contributed by atoms with Crippen molar-refractivity contribution >= 4 is 33.0 Å². The van der Waals surface area contributed by atoms with Crippen LogP contribution in [0.15, 0.2) is 48.7 Å². The molecule has 0 radical (unpaired) electrons. The smallest absolute Gasteiger partial charge is 0.261 e. The van der Waals surface area contributed by atoms with Crippen LogP contribution in [0, 0.1) is 5.82 Å². The Kier molecular flexibility index (Phi) is 3.50. The van der Waals surface area contributed by atoms with Gasteiger partial charge in [-0.2, -0.15) is 0 Å². The summed E-state index contributed by atoms with van der Waals surface area (Å²) in [4.78, 5) is 13.0. The first-order valence-electron chi connectivity index (χ1n) is 7.42. The average Bonchev–Trinajstić information content (AvgIpc) is 3.19. The second kappa shape index (κ2) is 5.68. The molecule has 0 saturated heterocycles. The van der Waals surface area contributed by atoms with E-state index >= 15 is 0 Å². The van der Waals surface area contributed by atoms with E-state index in [2.05, 4.69) is 15.5 Å². The highest BCUT2D eigenvalue weighted by atomic mass is 32.1. The molecule has 0 aliphatic rings. The van der Waals surface area contributed by atoms with Gasteiger partial charge in [0.05, 0.1) is 10.9 Å². The van der Waals surface area contributed by atoms with Gasteiger partial charge in [0.2, 0.25) is 0 Å². The SMILES string of the molecule is CC(NC(=O)c1cc2c(F)cccc2s1)c1nnc2ccccn12. The molecule has 7 heteroatoms. The van der Waals surface area contributed by atoms with Crippen LogP contribution in [0.3, 0.4) is 0 Å². The zero-order valence-electron chi connectivity index (χ0n) is 12.7. The number of halogens is 1. The number of amides is 1. The number of hydrogen-bond donors (Lipinski definition) is 1. The number of pyridine rings is 1. The fraction of sp³-hybridized carbons (Fsp3) is 0.118. The van der Waals surface area contributed by atoms with Gasteiger partial charge in [-0.05, 0) is 37.3 Å². The molecule has 4 aromatic rings. The first-order valence-corrected chi connectivity index (χ1v) is 8.24. The molecule has 0 saturated carbocycles. The van der Waals surface area contributed by atoms with Crippen LogP contribution in [0.5, 0.6) is 0 Å². The summed E-state index contributed by atoms with van der Waals surface area (Å²) in [7, 11) is 0. The Morgan fingerprint density at radius 1 is 1.25 bits per heavy atom. The summed E-state index contributed by atoms with van der Waals surface area (Å²) in [6.45, 7) is 1.84. The number of thiophene rings is 1. The summed E-state index contributed by atoms with van der Waals surface area (Å²) >= 11 is 1.27. The molecular weight excluding hydrogens is 327 g/mol. The molecule has 0 aliphatic heterocycles. The van der Waals surface area contributed by atoms with Gasteiger partial charge in [-0.25, -0.2) is 4.39 Å². The van der Waals surface area contributed by atoms with Gasteiger partial charge in [-0.1, -0.05) is 12.1 Å². The van der Waals surface area contributed by atoms with Crippen LogP contribution < -0.4 is 5.32 Å². The van der Waals surface area contributed by atoms with Gasteiger partial charge < -0.3 is 5.32 Å². The third-order valence-electron chi connectivity index (χ3n) is 3.81. The third kappa shape index (κ3) is 2.43. The van der Waals surface area contributed by atoms with Crippen molar-refractivity contribution in [3.8, 4) is 0 Å². The Labute approximate surface area is 140 Å². The minimum Gasteiger partial charge on any atom is -0.342 e. The van der Waals surface area contributed by atoms with E-state index in [-0.39, 0.29) is 17.8 Å². The molecule has 3 heterocycles. The van der Waals surface area contributed by atoms with Crippen LogP contribution in [0.1, 0.15) is 28.5 Å². The molecule has 120 valence electrons. The fourth-order valence-electron chi connectivity index (χ4n) is 2.62. The van der Waals surface area contributed by atoms with Gasteiger partial charge in [0.25, 0.3) is 5.91 Å². The summed E-state index contributed by atoms with van der Waals surface area (Å²) < 4.78 is 16.4. The zero-order valence-corrected chi connectivity index (χ0v) is 13.5. The van der Waals surface area contributed by atoms with Gasteiger partial charge in [-0.3, -0.25) is 9.20 Å². The Morgan fingerprint density at radius 3 is 2.96 bits per heavy atom. The van der Waals surface area contributed by atoms with Crippen molar-refractivity contribution in [1.29, 1.82) is 0 Å². The molecule has 0 fully saturated rings. The number of nitrogens with zero attached hydrogens (tertiary/aromatic N) is 3. The van der Waals surface area contributed by atoms with Crippen molar-refractivity contribution < 1.29 is 9.18 Å². The lowest BCUT2D eigenvalue weighted by Gasteiger charge is -2.11. The Hall–Kier alpha value is -2.80. The van der Waals surface area contributed by atoms with E-state index in [0.717, 1.165) is 10.3 Å². The summed E-state index contributed by atoms with van der Waals surface area (Å²) in [5.74, 6) is 0.0707. The van der Waals surface area contributed by atoms with Crippen molar-refractivity contribution in [1.82, 2.24) is 19.9 Å². The highest BCUT2D eigenvalue weighted by molar-refractivity contribution is 7.20. The molecule has 24 heavy (non-hydrogen) atoms. The number of benzene rings is 1. The first kappa shape index (κ1) is 14.8. The lowest BCUT2D eigenvalue weighted by atomic mass is 10.2. The molecule has 1 atom stereocenters. The molecule has 0 spiro atoms. The predicted molar refractivity (Wildman–Crippen MR) is 90.7 cm³/mol. The van der Waals surface area contributed by atoms with Crippen LogP contribution in [0.4, 0.5) is 4.39 Å². The van der Waals surface area contributed by atoms with E-state index in [1.54, 1.807) is 18.2 Å². The average molecular weight is 340 g/mol. The maximum absolute atomic E-state index is 13.8. The van der Waals surface area contributed by atoms with E-state index < -0.39 is 0 Å². The van der Waals surface area contributed by atoms with Crippen LogP contribution in [0.25, 0.3) is 15.7 Å². The molecule has 3 aromatic heterocycles. The van der Waals surface area contributed by atoms with Crippen molar-refractivity contribution in [2.24, 2.45) is 0 Å². The van der Waals surface area contributed by atoms with E-state index in [1.807, 2.05) is 35.7 Å². The van der Waals surface area contributed by atoms with Crippen LogP contribution in [0.2, 0.25) is 0 Å². The molecule has 1 amide bonds. The largest absolute Gasteiger partial charge is 0.342 e. The van der Waals surface area contributed by atoms with Gasteiger partial charge in [0.15, 0.2) is 11.5 Å². The van der Waals surface area contributed by atoms with E-state index in [1.165, 1.54) is 17.4 Å². The predicted octanol–water partition coefficient (Wildman–Crippen LogP) is 3.57. The van der Waals surface area contributed by atoms with Gasteiger partial charge in [-0.15, -0.1) is 21.5 Å². The van der Waals surface area contributed by atoms with Crippen molar-refractivity contribution in [3.63, 3.8) is 0 Å². The third-order valence-corrected chi connectivity index (χ3v) is 4.91. The van der Waals surface area contributed by atoms with Gasteiger partial charge in [0, 0.05) is 16.3 Å². The number of aromatic nitrogens is 3. The molecule has 1 unspecified atom stereocenters. The summed E-state index contributed by atoms with van der Waals surface area (Å²) in [6, 6.07) is 11.7. The first-order chi connectivity index (χ1) is 11.6. The van der Waals surface area contributed by atoms with Gasteiger partial charge >= 0.3 is 0 Å². The molecule has 0 aliphatic carbocycles. The number of fused-ring (bicyclic) bond motifs is 2. The van der Waals surface area contributed by atoms with Crippen molar-refractivity contribution in [2.75, 3.05) is 0 Å². The van der Waals surface area contributed by atoms with Crippen LogP contribution in [-0.2, 0) is 0 Å². The lowest BCUT2D eigenvalue weighted by molar-refractivity contribution is 0.0942. The number of carbonyl (C=O) groups excluding carboxylic acids is 1. The standard InChI is InChI=1S/C17H13FN4OS/c1-10(16-21-20-15-7-2-3-8-22(15)16)19-17(23)14-9-11-12(18)5-4-6-13(11)24-14/h2-10H,1H3,(H,19,23). The minimum absolute atomic E-state index is 0.254. The molecule has 0 bridgehead atoms. The zero-order chi connectivity index (χ0) is 16.7. The lowest BCUT2D eigenvalue weighted by Crippen LogP contribution is -2.27. The number of carbonyl (C=O) groups is 1. The Bertz CT molecular complexity index is 1060. The molecule has 1 aromatic carbocycles. The maximum atomic E-state index is 13.8. The van der Waals surface area contributed by atoms with Crippen molar-refractivity contribution in [3.05, 3.63) is 65.2 Å². The number of nitrogens with one attached hydrogen (secondary N) is 1. The molecule has 1 N–H and O–H groups in total. The minimum atomic E-state index is -0.329. The summed E-state index contributed by atoms with van der Waals surface area (Å²) in [5.41, 5.74) is 0.720. The Morgan fingerprint density at radius 2 is 2.12 bits per heavy atom. The van der Waals surface area contributed by atoms with Crippen LogP contribution >= 0.6 is 11.3 Å². The monoisotopic (exact) mass is 340 g/mol. The van der Waals surface area contributed by atoms with E-state index in [9.17, 15) is 9.18 Å². The molecule has 4 rings (SSSR count). The van der Waals surface area contributed by atoms with E-state index in [0.29, 0.717) is 16.1 Å². The summed E-state index contributed by atoms with van der Waals surface area (Å²) in [5, 5.41) is 11.6. The Balaban J connectivity index is 1.61.